The van der Waals surface area contributed by atoms with E-state index in [4.69, 9.17) is 9.84 Å². The Kier molecular flexibility index (Phi) is 5.25. The molecule has 0 spiro atoms. The van der Waals surface area contributed by atoms with Gasteiger partial charge in [0, 0.05) is 0 Å². The highest BCUT2D eigenvalue weighted by Crippen LogP contribution is 2.00. The lowest BCUT2D eigenvalue weighted by molar-refractivity contribution is -0.136. The Labute approximate surface area is 66.7 Å². The van der Waals surface area contributed by atoms with Crippen LogP contribution in [0.3, 0.4) is 0 Å². The molecule has 0 rings (SSSR count). The topological polar surface area (TPSA) is 46.5 Å². The van der Waals surface area contributed by atoms with Gasteiger partial charge in [-0.05, 0) is 19.4 Å². The maximum absolute atomic E-state index is 10.4. The zero-order chi connectivity index (χ0) is 8.69. The van der Waals surface area contributed by atoms with Crippen molar-refractivity contribution >= 4 is 5.97 Å². The Hall–Kier alpha value is -0.990. The van der Waals surface area contributed by atoms with Crippen LogP contribution in [0.4, 0.5) is 0 Å². The summed E-state index contributed by atoms with van der Waals surface area (Å²) >= 11 is 0. The number of aliphatic carboxylic acids is 1. The van der Waals surface area contributed by atoms with Crippen molar-refractivity contribution in [3.63, 3.8) is 0 Å². The second-order valence-electron chi connectivity index (χ2n) is 2.10. The maximum Gasteiger partial charge on any atom is 0.370 e. The quantitative estimate of drug-likeness (QED) is 0.490. The van der Waals surface area contributed by atoms with Gasteiger partial charge in [0.25, 0.3) is 0 Å². The monoisotopic (exact) mass is 158 g/mol. The molecular weight excluding hydrogens is 144 g/mol. The second kappa shape index (κ2) is 5.77. The standard InChI is InChI=1S/C8H14O3/c1-3-5-6-7(8(9)10)11-4-2/h6H,3-5H2,1-2H3,(H,9,10). The molecule has 0 fully saturated rings. The van der Waals surface area contributed by atoms with E-state index in [1.165, 1.54) is 0 Å². The minimum Gasteiger partial charge on any atom is -0.487 e. The molecule has 64 valence electrons. The van der Waals surface area contributed by atoms with Crippen LogP contribution in [0.5, 0.6) is 0 Å². The molecule has 0 saturated carbocycles. The van der Waals surface area contributed by atoms with Gasteiger partial charge in [-0.3, -0.25) is 0 Å². The SMILES string of the molecule is CCCC=C(OCC)C(=O)O. The van der Waals surface area contributed by atoms with E-state index in [9.17, 15) is 4.79 Å². The van der Waals surface area contributed by atoms with E-state index >= 15 is 0 Å². The number of unbranched alkanes of at least 4 members (excludes halogenated alkanes) is 1. The van der Waals surface area contributed by atoms with Crippen molar-refractivity contribution in [3.05, 3.63) is 11.8 Å². The lowest BCUT2D eigenvalue weighted by Crippen LogP contribution is -2.04. The highest BCUT2D eigenvalue weighted by Gasteiger charge is 2.05. The lowest BCUT2D eigenvalue weighted by Gasteiger charge is -2.01. The largest absolute Gasteiger partial charge is 0.487 e. The minimum atomic E-state index is -0.986. The highest BCUT2D eigenvalue weighted by molar-refractivity contribution is 5.84. The number of allylic oxidation sites excluding steroid dienone is 1. The lowest BCUT2D eigenvalue weighted by atomic mass is 10.3. The van der Waals surface area contributed by atoms with Crippen LogP contribution in [0.25, 0.3) is 0 Å². The molecule has 0 atom stereocenters. The molecule has 0 heterocycles. The molecule has 0 radical (unpaired) electrons. The fourth-order valence-corrected chi connectivity index (χ4v) is 0.639. The number of rotatable bonds is 5. The molecule has 0 saturated heterocycles. The summed E-state index contributed by atoms with van der Waals surface area (Å²) in [5.74, 6) is -0.922. The number of carboxylic acid groups (broad SMARTS) is 1. The molecule has 0 aromatic rings. The molecule has 0 aromatic carbocycles. The zero-order valence-corrected chi connectivity index (χ0v) is 6.96. The molecule has 0 unspecified atom stereocenters. The highest BCUT2D eigenvalue weighted by atomic mass is 16.5. The van der Waals surface area contributed by atoms with E-state index < -0.39 is 5.97 Å². The molecule has 0 aliphatic heterocycles. The van der Waals surface area contributed by atoms with Crippen molar-refractivity contribution in [2.75, 3.05) is 6.61 Å². The van der Waals surface area contributed by atoms with Gasteiger partial charge < -0.3 is 9.84 Å². The van der Waals surface area contributed by atoms with E-state index in [-0.39, 0.29) is 5.76 Å². The van der Waals surface area contributed by atoms with E-state index in [0.29, 0.717) is 6.61 Å². The average Bonchev–Trinajstić information content (AvgIpc) is 1.97. The smallest absolute Gasteiger partial charge is 0.370 e. The summed E-state index contributed by atoms with van der Waals surface area (Å²) in [5.41, 5.74) is 0. The Morgan fingerprint density at radius 1 is 1.55 bits per heavy atom. The van der Waals surface area contributed by atoms with Gasteiger partial charge in [0.15, 0.2) is 5.76 Å². The number of carboxylic acids is 1. The predicted molar refractivity (Wildman–Crippen MR) is 42.3 cm³/mol. The molecule has 3 heteroatoms. The van der Waals surface area contributed by atoms with E-state index in [1.54, 1.807) is 13.0 Å². The predicted octanol–water partition coefficient (Wildman–Crippen LogP) is 1.79. The Bertz CT molecular complexity index is 149. The first-order valence-electron chi connectivity index (χ1n) is 3.78. The summed E-state index contributed by atoms with van der Waals surface area (Å²) in [4.78, 5) is 10.4. The van der Waals surface area contributed by atoms with Crippen molar-refractivity contribution in [2.24, 2.45) is 0 Å². The van der Waals surface area contributed by atoms with Crippen LogP contribution in [0.1, 0.15) is 26.7 Å². The van der Waals surface area contributed by atoms with Crippen LogP contribution in [0, 0.1) is 0 Å². The summed E-state index contributed by atoms with van der Waals surface area (Å²) in [7, 11) is 0. The first-order chi connectivity index (χ1) is 5.22. The normalized spacial score (nSPS) is 11.3. The molecule has 0 aromatic heterocycles. The number of hydrogen-bond donors (Lipinski definition) is 1. The molecule has 0 aliphatic rings. The summed E-state index contributed by atoms with van der Waals surface area (Å²) in [6.45, 7) is 4.16. The van der Waals surface area contributed by atoms with Crippen molar-refractivity contribution < 1.29 is 14.6 Å². The van der Waals surface area contributed by atoms with Crippen LogP contribution in [-0.2, 0) is 9.53 Å². The van der Waals surface area contributed by atoms with Gasteiger partial charge in [0.1, 0.15) is 0 Å². The first-order valence-corrected chi connectivity index (χ1v) is 3.78. The van der Waals surface area contributed by atoms with Crippen molar-refractivity contribution in [1.29, 1.82) is 0 Å². The van der Waals surface area contributed by atoms with Gasteiger partial charge in [-0.15, -0.1) is 0 Å². The van der Waals surface area contributed by atoms with Gasteiger partial charge in [0.2, 0.25) is 0 Å². The third kappa shape index (κ3) is 4.42. The Morgan fingerprint density at radius 2 is 2.18 bits per heavy atom. The van der Waals surface area contributed by atoms with Gasteiger partial charge in [0.05, 0.1) is 6.61 Å². The van der Waals surface area contributed by atoms with Crippen molar-refractivity contribution in [2.45, 2.75) is 26.7 Å². The molecule has 0 bridgehead atoms. The number of ether oxygens (including phenoxy) is 1. The maximum atomic E-state index is 10.4. The molecule has 1 N–H and O–H groups in total. The third-order valence-electron chi connectivity index (χ3n) is 1.13. The third-order valence-corrected chi connectivity index (χ3v) is 1.13. The second-order valence-corrected chi connectivity index (χ2v) is 2.10. The summed E-state index contributed by atoms with van der Waals surface area (Å²) in [5, 5.41) is 8.54. The molecule has 11 heavy (non-hydrogen) atoms. The van der Waals surface area contributed by atoms with Gasteiger partial charge >= 0.3 is 5.97 Å². The van der Waals surface area contributed by atoms with Crippen LogP contribution < -0.4 is 0 Å². The van der Waals surface area contributed by atoms with Crippen LogP contribution in [-0.4, -0.2) is 17.7 Å². The van der Waals surface area contributed by atoms with Gasteiger partial charge in [-0.25, -0.2) is 4.79 Å². The molecule has 0 aliphatic carbocycles. The number of hydrogen-bond acceptors (Lipinski definition) is 2. The van der Waals surface area contributed by atoms with Crippen LogP contribution >= 0.6 is 0 Å². The van der Waals surface area contributed by atoms with Crippen molar-refractivity contribution in [1.82, 2.24) is 0 Å². The van der Waals surface area contributed by atoms with Crippen molar-refractivity contribution in [3.8, 4) is 0 Å². The summed E-state index contributed by atoms with van der Waals surface area (Å²) < 4.78 is 4.87. The fraction of sp³-hybridized carbons (Fsp3) is 0.625. The van der Waals surface area contributed by atoms with Crippen LogP contribution in [0.15, 0.2) is 11.8 Å². The summed E-state index contributed by atoms with van der Waals surface area (Å²) in [6, 6.07) is 0. The number of carbonyl (C=O) groups is 1. The average molecular weight is 158 g/mol. The minimum absolute atomic E-state index is 0.0642. The molecule has 0 amide bonds. The Morgan fingerprint density at radius 3 is 2.55 bits per heavy atom. The van der Waals surface area contributed by atoms with Gasteiger partial charge in [-0.2, -0.15) is 0 Å². The van der Waals surface area contributed by atoms with E-state index in [0.717, 1.165) is 12.8 Å². The Balaban J connectivity index is 3.97. The van der Waals surface area contributed by atoms with E-state index in [2.05, 4.69) is 0 Å². The van der Waals surface area contributed by atoms with Crippen LogP contribution in [0.2, 0.25) is 0 Å². The molecular formula is C8H14O3. The summed E-state index contributed by atoms with van der Waals surface area (Å²) in [6.07, 6.45) is 3.29. The first kappa shape index (κ1) is 10.0. The zero-order valence-electron chi connectivity index (χ0n) is 6.96. The fourth-order valence-electron chi connectivity index (χ4n) is 0.639. The van der Waals surface area contributed by atoms with E-state index in [1.807, 2.05) is 6.92 Å². The van der Waals surface area contributed by atoms with Gasteiger partial charge in [-0.1, -0.05) is 13.3 Å². The molecule has 3 nitrogen and oxygen atoms in total.